The van der Waals surface area contributed by atoms with Gasteiger partial charge >= 0.3 is 6.72 Å². The van der Waals surface area contributed by atoms with E-state index in [1.165, 1.54) is 14.2 Å². The van der Waals surface area contributed by atoms with E-state index in [9.17, 15) is 0 Å². The zero-order valence-corrected chi connectivity index (χ0v) is 11.2. The Hall–Kier alpha value is -0.800. The second kappa shape index (κ2) is 6.82. The third-order valence-electron chi connectivity index (χ3n) is 1.99. The van der Waals surface area contributed by atoms with Gasteiger partial charge in [-0.15, -0.1) is 0 Å². The van der Waals surface area contributed by atoms with E-state index in [-0.39, 0.29) is 0 Å². The molecule has 1 N–H and O–H groups in total. The van der Waals surface area contributed by atoms with Crippen molar-refractivity contribution in [3.8, 4) is 6.07 Å². The highest BCUT2D eigenvalue weighted by molar-refractivity contribution is 8.07. The zero-order valence-electron chi connectivity index (χ0n) is 9.49. The van der Waals surface area contributed by atoms with Crippen molar-refractivity contribution in [2.24, 2.45) is 0 Å². The fourth-order valence-corrected chi connectivity index (χ4v) is 1.74. The van der Waals surface area contributed by atoms with E-state index in [0.717, 1.165) is 5.56 Å². The first-order valence-corrected chi connectivity index (χ1v) is 7.31. The summed E-state index contributed by atoms with van der Waals surface area (Å²) >= 11 is 4.99. The topological polar surface area (TPSA) is 63.5 Å². The van der Waals surface area contributed by atoms with Crippen molar-refractivity contribution in [1.82, 2.24) is 5.48 Å². The molecule has 0 bridgehead atoms. The van der Waals surface area contributed by atoms with E-state index >= 15 is 0 Å². The van der Waals surface area contributed by atoms with E-state index in [2.05, 4.69) is 11.5 Å². The average molecular weight is 272 g/mol. The summed E-state index contributed by atoms with van der Waals surface area (Å²) in [6.07, 6.45) is 0. The van der Waals surface area contributed by atoms with Crippen molar-refractivity contribution >= 4 is 18.5 Å². The van der Waals surface area contributed by atoms with E-state index in [4.69, 9.17) is 30.7 Å². The molecule has 0 saturated heterocycles. The van der Waals surface area contributed by atoms with Crippen LogP contribution >= 0.6 is 6.72 Å². The monoisotopic (exact) mass is 272 g/mol. The molecule has 0 aliphatic rings. The van der Waals surface area contributed by atoms with Gasteiger partial charge in [0.1, 0.15) is 6.04 Å². The van der Waals surface area contributed by atoms with Crippen LogP contribution in [0.5, 0.6) is 0 Å². The van der Waals surface area contributed by atoms with Gasteiger partial charge < -0.3 is 9.05 Å². The summed E-state index contributed by atoms with van der Waals surface area (Å²) < 4.78 is 15.0. The third-order valence-corrected chi connectivity index (χ3v) is 4.33. The fraction of sp³-hybridized carbons (Fsp3) is 0.300. The molecule has 0 spiro atoms. The summed E-state index contributed by atoms with van der Waals surface area (Å²) in [6, 6.07) is 10.6. The molecule has 1 rings (SSSR count). The lowest BCUT2D eigenvalue weighted by Crippen LogP contribution is -2.19. The number of hydroxylamine groups is 1. The summed E-state index contributed by atoms with van der Waals surface area (Å²) in [5.74, 6) is 0. The number of nitrogens with one attached hydrogen (secondary N) is 1. The van der Waals surface area contributed by atoms with Gasteiger partial charge in [-0.1, -0.05) is 30.3 Å². The summed E-state index contributed by atoms with van der Waals surface area (Å²) in [5.41, 5.74) is 3.34. The van der Waals surface area contributed by atoms with Crippen LogP contribution in [0.1, 0.15) is 11.6 Å². The Labute approximate surface area is 106 Å². The molecule has 92 valence electrons. The predicted octanol–water partition coefficient (Wildman–Crippen LogP) is 2.29. The second-order valence-electron chi connectivity index (χ2n) is 2.99. The first-order chi connectivity index (χ1) is 8.15. The van der Waals surface area contributed by atoms with Crippen LogP contribution in [0, 0.1) is 11.3 Å². The summed E-state index contributed by atoms with van der Waals surface area (Å²) in [4.78, 5) is 0. The molecule has 0 amide bonds. The van der Waals surface area contributed by atoms with Gasteiger partial charge in [0.25, 0.3) is 0 Å². The molecule has 5 nitrogen and oxygen atoms in total. The van der Waals surface area contributed by atoms with Gasteiger partial charge in [0.15, 0.2) is 0 Å². The standard InChI is InChI=1S/C10H13N2O3PS/c1-13-16(17,14-2)15-12-10(8-11)9-6-4-3-5-7-9/h3-7,10,12H,1-2H3. The molecule has 0 aromatic heterocycles. The molecule has 1 aromatic rings. The van der Waals surface area contributed by atoms with Gasteiger partial charge in [-0.2, -0.15) is 10.7 Å². The molecule has 17 heavy (non-hydrogen) atoms. The minimum atomic E-state index is -2.80. The lowest BCUT2D eigenvalue weighted by atomic mass is 10.1. The Bertz CT molecular complexity index is 427. The molecule has 7 heteroatoms. The van der Waals surface area contributed by atoms with Gasteiger partial charge in [0.2, 0.25) is 0 Å². The largest absolute Gasteiger partial charge is 0.343 e. The van der Waals surface area contributed by atoms with Crippen LogP contribution < -0.4 is 5.48 Å². The van der Waals surface area contributed by atoms with E-state index in [1.54, 1.807) is 0 Å². The highest BCUT2D eigenvalue weighted by atomic mass is 32.5. The number of nitrogens with zero attached hydrogens (tertiary/aromatic N) is 1. The van der Waals surface area contributed by atoms with Crippen LogP contribution in [0.3, 0.4) is 0 Å². The van der Waals surface area contributed by atoms with Crippen LogP contribution in [0.4, 0.5) is 0 Å². The Balaban J connectivity index is 2.67. The Morgan fingerprint density at radius 3 is 2.35 bits per heavy atom. The number of rotatable bonds is 6. The SMILES string of the molecule is COP(=S)(OC)ONC(C#N)c1ccccc1. The molecular weight excluding hydrogens is 259 g/mol. The Morgan fingerprint density at radius 1 is 1.29 bits per heavy atom. The van der Waals surface area contributed by atoms with E-state index < -0.39 is 12.8 Å². The average Bonchev–Trinajstić information content (AvgIpc) is 2.40. The first-order valence-electron chi connectivity index (χ1n) is 4.75. The predicted molar refractivity (Wildman–Crippen MR) is 67.3 cm³/mol. The van der Waals surface area contributed by atoms with Gasteiger partial charge in [0, 0.05) is 14.2 Å². The molecule has 0 saturated carbocycles. The molecule has 0 radical (unpaired) electrons. The molecule has 1 atom stereocenters. The second-order valence-corrected chi connectivity index (χ2v) is 6.14. The van der Waals surface area contributed by atoms with Crippen LogP contribution in [-0.4, -0.2) is 14.2 Å². The van der Waals surface area contributed by atoms with Crippen molar-refractivity contribution in [2.75, 3.05) is 14.2 Å². The van der Waals surface area contributed by atoms with Crippen LogP contribution in [0.25, 0.3) is 0 Å². The summed E-state index contributed by atoms with van der Waals surface area (Å²) in [5, 5.41) is 9.03. The van der Waals surface area contributed by atoms with Crippen molar-refractivity contribution < 1.29 is 13.7 Å². The van der Waals surface area contributed by atoms with Crippen molar-refractivity contribution in [3.05, 3.63) is 35.9 Å². The zero-order chi connectivity index (χ0) is 12.7. The van der Waals surface area contributed by atoms with Gasteiger partial charge in [-0.05, 0) is 17.4 Å². The molecule has 1 unspecified atom stereocenters. The minimum Gasteiger partial charge on any atom is -0.311 e. The fourth-order valence-electron chi connectivity index (χ4n) is 1.08. The Kier molecular flexibility index (Phi) is 5.72. The highest BCUT2D eigenvalue weighted by Gasteiger charge is 2.20. The maximum Gasteiger partial charge on any atom is 0.343 e. The number of benzene rings is 1. The van der Waals surface area contributed by atoms with Gasteiger partial charge in [-0.25, -0.2) is 4.62 Å². The maximum absolute atomic E-state index is 9.03. The van der Waals surface area contributed by atoms with Crippen molar-refractivity contribution in [2.45, 2.75) is 6.04 Å². The van der Waals surface area contributed by atoms with Crippen LogP contribution in [-0.2, 0) is 25.5 Å². The normalized spacial score (nSPS) is 13.0. The summed E-state index contributed by atoms with van der Waals surface area (Å²) in [7, 11) is 2.80. The quantitative estimate of drug-likeness (QED) is 0.633. The molecule has 0 heterocycles. The Morgan fingerprint density at radius 2 is 1.88 bits per heavy atom. The molecule has 0 fully saturated rings. The summed E-state index contributed by atoms with van der Waals surface area (Å²) in [6.45, 7) is -2.80. The minimum absolute atomic E-state index is 0.621. The van der Waals surface area contributed by atoms with E-state index in [1.807, 2.05) is 30.3 Å². The third kappa shape index (κ3) is 4.17. The molecular formula is C10H13N2O3PS. The van der Waals surface area contributed by atoms with Crippen LogP contribution in [0.2, 0.25) is 0 Å². The van der Waals surface area contributed by atoms with Gasteiger partial charge in [-0.3, -0.25) is 0 Å². The van der Waals surface area contributed by atoms with Crippen molar-refractivity contribution in [3.63, 3.8) is 0 Å². The van der Waals surface area contributed by atoms with Crippen molar-refractivity contribution in [1.29, 1.82) is 5.26 Å². The smallest absolute Gasteiger partial charge is 0.311 e. The molecule has 1 aromatic carbocycles. The lowest BCUT2D eigenvalue weighted by molar-refractivity contribution is 0.121. The number of hydrogen-bond donors (Lipinski definition) is 1. The highest BCUT2D eigenvalue weighted by Crippen LogP contribution is 2.47. The van der Waals surface area contributed by atoms with Gasteiger partial charge in [0.05, 0.1) is 6.07 Å². The van der Waals surface area contributed by atoms with Crippen LogP contribution in [0.15, 0.2) is 30.3 Å². The number of hydrogen-bond acceptors (Lipinski definition) is 6. The lowest BCUT2D eigenvalue weighted by Gasteiger charge is -2.19. The number of nitriles is 1. The molecule has 0 aliphatic carbocycles. The maximum atomic E-state index is 9.03. The first kappa shape index (κ1) is 14.3. The molecule has 0 aliphatic heterocycles. The van der Waals surface area contributed by atoms with E-state index in [0.29, 0.717) is 0 Å².